The van der Waals surface area contributed by atoms with Crippen molar-refractivity contribution in [1.82, 2.24) is 14.9 Å². The summed E-state index contributed by atoms with van der Waals surface area (Å²) in [6.07, 6.45) is 6.47. The fourth-order valence-corrected chi connectivity index (χ4v) is 2.86. The monoisotopic (exact) mass is 312 g/mol. The van der Waals surface area contributed by atoms with E-state index in [2.05, 4.69) is 32.3 Å². The third-order valence-electron chi connectivity index (χ3n) is 4.20. The maximum Gasteiger partial charge on any atom is 0.222 e. The van der Waals surface area contributed by atoms with Gasteiger partial charge in [0.25, 0.3) is 0 Å². The number of aromatic nitrogens is 2. The molecule has 1 aromatic heterocycles. The molecule has 1 aliphatic heterocycles. The van der Waals surface area contributed by atoms with E-state index in [1.54, 1.807) is 0 Å². The molecular weight excluding hydrogens is 288 g/mol. The highest BCUT2D eigenvalue weighted by Crippen LogP contribution is 2.13. The third kappa shape index (κ3) is 5.01. The van der Waals surface area contributed by atoms with Crippen LogP contribution in [0, 0.1) is 0 Å². The Bertz CT molecular complexity index is 588. The van der Waals surface area contributed by atoms with Crippen LogP contribution in [-0.2, 0) is 13.1 Å². The van der Waals surface area contributed by atoms with E-state index in [4.69, 9.17) is 0 Å². The minimum Gasteiger partial charge on any atom is -0.393 e. The van der Waals surface area contributed by atoms with Gasteiger partial charge in [0, 0.05) is 37.6 Å². The van der Waals surface area contributed by atoms with Crippen LogP contribution in [0.5, 0.6) is 0 Å². The molecule has 0 aliphatic carbocycles. The number of hydrogen-bond donors (Lipinski definition) is 2. The number of likely N-dealkylation sites (tertiary alicyclic amines) is 1. The molecule has 23 heavy (non-hydrogen) atoms. The summed E-state index contributed by atoms with van der Waals surface area (Å²) in [5.74, 6) is 0.656. The van der Waals surface area contributed by atoms with Crippen LogP contribution in [0.4, 0.5) is 5.95 Å². The van der Waals surface area contributed by atoms with E-state index in [-0.39, 0.29) is 6.10 Å². The number of aliphatic hydroxyl groups is 1. The molecule has 1 saturated heterocycles. The van der Waals surface area contributed by atoms with Crippen molar-refractivity contribution in [1.29, 1.82) is 0 Å². The topological polar surface area (TPSA) is 61.3 Å². The number of aliphatic hydroxyl groups excluding tert-OH is 1. The third-order valence-corrected chi connectivity index (χ3v) is 4.20. The van der Waals surface area contributed by atoms with Crippen molar-refractivity contribution in [2.45, 2.75) is 38.5 Å². The van der Waals surface area contributed by atoms with Gasteiger partial charge in [-0.1, -0.05) is 30.3 Å². The molecule has 0 amide bonds. The Labute approximate surface area is 137 Å². The van der Waals surface area contributed by atoms with Crippen LogP contribution in [0.1, 0.15) is 30.4 Å². The van der Waals surface area contributed by atoms with Gasteiger partial charge in [0.05, 0.1) is 6.10 Å². The molecule has 0 saturated carbocycles. The first-order valence-corrected chi connectivity index (χ1v) is 8.29. The maximum absolute atomic E-state index is 9.70. The lowest BCUT2D eigenvalue weighted by Gasteiger charge is -2.19. The van der Waals surface area contributed by atoms with E-state index in [0.717, 1.165) is 51.0 Å². The zero-order chi connectivity index (χ0) is 15.9. The fourth-order valence-electron chi connectivity index (χ4n) is 2.86. The van der Waals surface area contributed by atoms with E-state index in [9.17, 15) is 5.11 Å². The van der Waals surface area contributed by atoms with Crippen molar-refractivity contribution < 1.29 is 5.11 Å². The number of benzene rings is 1. The van der Waals surface area contributed by atoms with Gasteiger partial charge in [-0.2, -0.15) is 0 Å². The second-order valence-corrected chi connectivity index (χ2v) is 6.11. The minimum atomic E-state index is -0.138. The van der Waals surface area contributed by atoms with E-state index in [1.807, 2.05) is 30.6 Å². The normalized spacial score (nSPS) is 19.3. The van der Waals surface area contributed by atoms with Crippen LogP contribution in [0.15, 0.2) is 42.7 Å². The first-order chi connectivity index (χ1) is 11.3. The Hall–Kier alpha value is -1.98. The summed E-state index contributed by atoms with van der Waals surface area (Å²) < 4.78 is 0. The summed E-state index contributed by atoms with van der Waals surface area (Å²) in [4.78, 5) is 11.2. The summed E-state index contributed by atoms with van der Waals surface area (Å²) in [7, 11) is 0. The zero-order valence-corrected chi connectivity index (χ0v) is 13.4. The maximum atomic E-state index is 9.70. The van der Waals surface area contributed by atoms with Gasteiger partial charge in [-0.3, -0.25) is 4.90 Å². The molecule has 1 aliphatic rings. The second-order valence-electron chi connectivity index (χ2n) is 6.11. The summed E-state index contributed by atoms with van der Waals surface area (Å²) >= 11 is 0. The van der Waals surface area contributed by atoms with Crippen molar-refractivity contribution in [2.24, 2.45) is 0 Å². The molecule has 1 fully saturated rings. The minimum absolute atomic E-state index is 0.138. The van der Waals surface area contributed by atoms with Crippen LogP contribution in [0.2, 0.25) is 0 Å². The highest BCUT2D eigenvalue weighted by Gasteiger charge is 2.15. The lowest BCUT2D eigenvalue weighted by molar-refractivity contribution is 0.154. The molecule has 5 heteroatoms. The van der Waals surface area contributed by atoms with Crippen molar-refractivity contribution in [2.75, 3.05) is 18.4 Å². The predicted octanol–water partition coefficient (Wildman–Crippen LogP) is 2.44. The van der Waals surface area contributed by atoms with Gasteiger partial charge in [-0.05, 0) is 31.4 Å². The molecule has 2 heterocycles. The lowest BCUT2D eigenvalue weighted by Crippen LogP contribution is -2.24. The number of nitrogens with zero attached hydrogens (tertiary/aromatic N) is 3. The standard InChI is InChI=1S/C18H24N4O/c23-17-7-4-9-22(10-8-17)14-16-12-20-18(21-13-16)19-11-15-5-2-1-3-6-15/h1-3,5-6,12-13,17,23H,4,7-11,14H2,(H,19,20,21). The van der Waals surface area contributed by atoms with Crippen molar-refractivity contribution in [3.05, 3.63) is 53.9 Å². The predicted molar refractivity (Wildman–Crippen MR) is 90.9 cm³/mol. The largest absolute Gasteiger partial charge is 0.393 e. The summed E-state index contributed by atoms with van der Waals surface area (Å²) in [5, 5.41) is 12.9. The Morgan fingerprint density at radius 1 is 1.04 bits per heavy atom. The van der Waals surface area contributed by atoms with Crippen LogP contribution >= 0.6 is 0 Å². The SMILES string of the molecule is OC1CCCN(Cc2cnc(NCc3ccccc3)nc2)CC1. The average Bonchev–Trinajstić information content (AvgIpc) is 2.80. The molecule has 5 nitrogen and oxygen atoms in total. The van der Waals surface area contributed by atoms with Crippen LogP contribution in [0.3, 0.4) is 0 Å². The van der Waals surface area contributed by atoms with E-state index in [0.29, 0.717) is 5.95 Å². The summed E-state index contributed by atoms with van der Waals surface area (Å²) in [5.41, 5.74) is 2.33. The van der Waals surface area contributed by atoms with Gasteiger partial charge in [-0.25, -0.2) is 9.97 Å². The highest BCUT2D eigenvalue weighted by molar-refractivity contribution is 5.27. The summed E-state index contributed by atoms with van der Waals surface area (Å²) in [6, 6.07) is 10.2. The lowest BCUT2D eigenvalue weighted by atomic mass is 10.2. The van der Waals surface area contributed by atoms with E-state index in [1.165, 1.54) is 5.56 Å². The Morgan fingerprint density at radius 2 is 1.83 bits per heavy atom. The molecule has 2 aromatic rings. The Morgan fingerprint density at radius 3 is 2.61 bits per heavy atom. The van der Waals surface area contributed by atoms with Crippen LogP contribution in [0.25, 0.3) is 0 Å². The first kappa shape index (κ1) is 15.9. The number of nitrogens with one attached hydrogen (secondary N) is 1. The van der Waals surface area contributed by atoms with Gasteiger partial charge in [0.1, 0.15) is 0 Å². The molecule has 0 bridgehead atoms. The number of hydrogen-bond acceptors (Lipinski definition) is 5. The van der Waals surface area contributed by atoms with Crippen molar-refractivity contribution >= 4 is 5.95 Å². The second kappa shape index (κ2) is 8.04. The Balaban J connectivity index is 1.50. The molecule has 1 unspecified atom stereocenters. The summed E-state index contributed by atoms with van der Waals surface area (Å²) in [6.45, 7) is 3.55. The van der Waals surface area contributed by atoms with Crippen LogP contribution < -0.4 is 5.32 Å². The highest BCUT2D eigenvalue weighted by atomic mass is 16.3. The Kier molecular flexibility index (Phi) is 5.56. The van der Waals surface area contributed by atoms with Gasteiger partial charge in [0.15, 0.2) is 0 Å². The van der Waals surface area contributed by atoms with Gasteiger partial charge < -0.3 is 10.4 Å². The molecule has 122 valence electrons. The first-order valence-electron chi connectivity index (χ1n) is 8.29. The van der Waals surface area contributed by atoms with E-state index < -0.39 is 0 Å². The van der Waals surface area contributed by atoms with Crippen LogP contribution in [-0.4, -0.2) is 39.2 Å². The van der Waals surface area contributed by atoms with Gasteiger partial charge in [0.2, 0.25) is 5.95 Å². The molecule has 2 N–H and O–H groups in total. The fraction of sp³-hybridized carbons (Fsp3) is 0.444. The molecule has 1 atom stereocenters. The van der Waals surface area contributed by atoms with Gasteiger partial charge >= 0.3 is 0 Å². The molecule has 1 aromatic carbocycles. The zero-order valence-electron chi connectivity index (χ0n) is 13.4. The molecular formula is C18H24N4O. The molecule has 0 spiro atoms. The van der Waals surface area contributed by atoms with Crippen molar-refractivity contribution in [3.8, 4) is 0 Å². The number of anilines is 1. The molecule has 3 rings (SSSR count). The van der Waals surface area contributed by atoms with E-state index >= 15 is 0 Å². The average molecular weight is 312 g/mol. The quantitative estimate of drug-likeness (QED) is 0.888. The van der Waals surface area contributed by atoms with Crippen molar-refractivity contribution in [3.63, 3.8) is 0 Å². The smallest absolute Gasteiger partial charge is 0.222 e. The van der Waals surface area contributed by atoms with Gasteiger partial charge in [-0.15, -0.1) is 0 Å². The number of rotatable bonds is 5. The molecule has 0 radical (unpaired) electrons.